The Kier molecular flexibility index (Phi) is 3.51. The van der Waals surface area contributed by atoms with E-state index in [1.54, 1.807) is 18.3 Å². The molecule has 2 rings (SSSR count). The minimum absolute atomic E-state index is 0.508. The number of hydrogen-bond donors (Lipinski definition) is 1. The quantitative estimate of drug-likeness (QED) is 0.914. The van der Waals surface area contributed by atoms with E-state index < -0.39 is 11.6 Å². The molecular weight excluding hydrogens is 242 g/mol. The summed E-state index contributed by atoms with van der Waals surface area (Å²) >= 11 is 0. The molecule has 19 heavy (non-hydrogen) atoms. The zero-order chi connectivity index (χ0) is 13.9. The second kappa shape index (κ2) is 5.10. The molecule has 0 radical (unpaired) electrons. The van der Waals surface area contributed by atoms with E-state index in [9.17, 15) is 4.79 Å². The second-order valence-electron chi connectivity index (χ2n) is 4.63. The van der Waals surface area contributed by atoms with Crippen molar-refractivity contribution in [3.8, 4) is 17.0 Å². The first kappa shape index (κ1) is 13.1. The lowest BCUT2D eigenvalue weighted by atomic mass is 10.1. The lowest BCUT2D eigenvalue weighted by molar-refractivity contribution is -0.152. The summed E-state index contributed by atoms with van der Waals surface area (Å²) in [5, 5.41) is 9.12. The van der Waals surface area contributed by atoms with Gasteiger partial charge in [0, 0.05) is 11.8 Å². The summed E-state index contributed by atoms with van der Waals surface area (Å²) in [5.74, 6) is -0.503. The molecule has 0 unspecified atom stereocenters. The third-order valence-electron chi connectivity index (χ3n) is 2.71. The second-order valence-corrected chi connectivity index (χ2v) is 4.63. The van der Waals surface area contributed by atoms with Crippen molar-refractivity contribution in [1.82, 2.24) is 4.98 Å². The van der Waals surface area contributed by atoms with Crippen LogP contribution < -0.4 is 4.74 Å². The summed E-state index contributed by atoms with van der Waals surface area (Å²) in [4.78, 5) is 15.4. The van der Waals surface area contributed by atoms with Crippen LogP contribution >= 0.6 is 0 Å². The monoisotopic (exact) mass is 257 g/mol. The molecule has 0 saturated heterocycles. The van der Waals surface area contributed by atoms with Gasteiger partial charge in [-0.15, -0.1) is 0 Å². The van der Waals surface area contributed by atoms with Gasteiger partial charge in [-0.25, -0.2) is 4.79 Å². The van der Waals surface area contributed by atoms with Crippen LogP contribution in [0, 0.1) is 0 Å². The molecule has 1 heterocycles. The van der Waals surface area contributed by atoms with Gasteiger partial charge in [0.15, 0.2) is 5.60 Å². The molecule has 0 fully saturated rings. The van der Waals surface area contributed by atoms with Gasteiger partial charge in [-0.1, -0.05) is 18.2 Å². The zero-order valence-corrected chi connectivity index (χ0v) is 10.8. The number of pyridine rings is 1. The predicted molar refractivity (Wildman–Crippen MR) is 72.0 cm³/mol. The van der Waals surface area contributed by atoms with E-state index in [2.05, 4.69) is 4.98 Å². The first-order valence-corrected chi connectivity index (χ1v) is 5.93. The fourth-order valence-electron chi connectivity index (χ4n) is 1.61. The summed E-state index contributed by atoms with van der Waals surface area (Å²) in [6.07, 6.45) is 1.69. The molecule has 4 nitrogen and oxygen atoms in total. The third-order valence-corrected chi connectivity index (χ3v) is 2.71. The molecule has 0 amide bonds. The summed E-state index contributed by atoms with van der Waals surface area (Å²) in [5.41, 5.74) is 0.238. The summed E-state index contributed by atoms with van der Waals surface area (Å²) < 4.78 is 5.61. The Labute approximate surface area is 111 Å². The van der Waals surface area contributed by atoms with Crippen molar-refractivity contribution >= 4 is 5.97 Å². The van der Waals surface area contributed by atoms with Crippen LogP contribution in [0.2, 0.25) is 0 Å². The molecule has 1 aromatic carbocycles. The lowest BCUT2D eigenvalue weighted by Gasteiger charge is -2.23. The van der Waals surface area contributed by atoms with E-state index in [0.717, 1.165) is 11.3 Å². The summed E-state index contributed by atoms with van der Waals surface area (Å²) in [7, 11) is 0. The van der Waals surface area contributed by atoms with Crippen LogP contribution in [0.3, 0.4) is 0 Å². The number of carbonyl (C=O) groups is 1. The highest BCUT2D eigenvalue weighted by molar-refractivity contribution is 5.77. The number of rotatable bonds is 4. The molecule has 1 N–H and O–H groups in total. The molecule has 0 aliphatic rings. The fraction of sp³-hybridized carbons (Fsp3) is 0.200. The predicted octanol–water partition coefficient (Wildman–Crippen LogP) is 2.99. The van der Waals surface area contributed by atoms with Gasteiger partial charge in [-0.05, 0) is 38.1 Å². The molecular formula is C15H15NO3. The number of carboxylic acid groups (broad SMARTS) is 1. The highest BCUT2D eigenvalue weighted by Crippen LogP contribution is 2.30. The van der Waals surface area contributed by atoms with Crippen LogP contribution in [0.1, 0.15) is 13.8 Å². The Morgan fingerprint density at radius 2 is 1.84 bits per heavy atom. The van der Waals surface area contributed by atoms with Gasteiger partial charge in [-0.3, -0.25) is 4.98 Å². The highest BCUT2D eigenvalue weighted by Gasteiger charge is 2.30. The summed E-state index contributed by atoms with van der Waals surface area (Å²) in [6, 6.07) is 12.8. The number of hydrogen-bond acceptors (Lipinski definition) is 3. The van der Waals surface area contributed by atoms with Crippen molar-refractivity contribution in [2.45, 2.75) is 19.4 Å². The number of carboxylic acids is 1. The number of benzene rings is 1. The van der Waals surface area contributed by atoms with E-state index >= 15 is 0 Å². The van der Waals surface area contributed by atoms with Gasteiger partial charge in [0.05, 0.1) is 5.69 Å². The van der Waals surface area contributed by atoms with Gasteiger partial charge in [-0.2, -0.15) is 0 Å². The highest BCUT2D eigenvalue weighted by atomic mass is 16.5. The average molecular weight is 257 g/mol. The fourth-order valence-corrected chi connectivity index (χ4v) is 1.61. The first-order valence-electron chi connectivity index (χ1n) is 5.93. The van der Waals surface area contributed by atoms with Gasteiger partial charge in [0.2, 0.25) is 0 Å². The standard InChI is InChI=1S/C15H15NO3/c1-15(2,14(17)18)19-13-9-4-3-7-11(13)12-8-5-6-10-16-12/h3-10H,1-2H3,(H,17,18). The molecule has 0 atom stereocenters. The van der Waals surface area contributed by atoms with E-state index in [0.29, 0.717) is 5.75 Å². The maximum Gasteiger partial charge on any atom is 0.347 e. The van der Waals surface area contributed by atoms with Crippen LogP contribution in [-0.4, -0.2) is 21.7 Å². The molecule has 0 saturated carbocycles. The maximum absolute atomic E-state index is 11.1. The molecule has 0 aliphatic carbocycles. The van der Waals surface area contributed by atoms with Crippen LogP contribution in [0.5, 0.6) is 5.75 Å². The van der Waals surface area contributed by atoms with Crippen LogP contribution in [-0.2, 0) is 4.79 Å². The third kappa shape index (κ3) is 2.91. The Bertz CT molecular complexity index is 579. The molecule has 98 valence electrons. The van der Waals surface area contributed by atoms with Crippen molar-refractivity contribution in [2.75, 3.05) is 0 Å². The van der Waals surface area contributed by atoms with Crippen LogP contribution in [0.25, 0.3) is 11.3 Å². The molecule has 0 spiro atoms. The average Bonchev–Trinajstić information content (AvgIpc) is 2.40. The number of ether oxygens (including phenoxy) is 1. The van der Waals surface area contributed by atoms with Gasteiger partial charge in [0.25, 0.3) is 0 Å². The van der Waals surface area contributed by atoms with Crippen molar-refractivity contribution in [1.29, 1.82) is 0 Å². The van der Waals surface area contributed by atoms with E-state index in [1.165, 1.54) is 13.8 Å². The van der Waals surface area contributed by atoms with Crippen molar-refractivity contribution in [3.63, 3.8) is 0 Å². The number of para-hydroxylation sites is 1. The SMILES string of the molecule is CC(C)(Oc1ccccc1-c1ccccn1)C(=O)O. The smallest absolute Gasteiger partial charge is 0.347 e. The number of aliphatic carboxylic acids is 1. The van der Waals surface area contributed by atoms with E-state index in [-0.39, 0.29) is 0 Å². The van der Waals surface area contributed by atoms with Crippen LogP contribution in [0.4, 0.5) is 0 Å². The topological polar surface area (TPSA) is 59.4 Å². The van der Waals surface area contributed by atoms with Crippen molar-refractivity contribution < 1.29 is 14.6 Å². The minimum Gasteiger partial charge on any atom is -0.478 e. The van der Waals surface area contributed by atoms with Gasteiger partial charge >= 0.3 is 5.97 Å². The Balaban J connectivity index is 2.40. The van der Waals surface area contributed by atoms with Gasteiger partial charge in [0.1, 0.15) is 5.75 Å². The minimum atomic E-state index is -1.29. The number of nitrogens with zero attached hydrogens (tertiary/aromatic N) is 1. The van der Waals surface area contributed by atoms with Gasteiger partial charge < -0.3 is 9.84 Å². The summed E-state index contributed by atoms with van der Waals surface area (Å²) in [6.45, 7) is 3.04. The Morgan fingerprint density at radius 1 is 1.16 bits per heavy atom. The molecule has 2 aromatic rings. The molecule has 4 heteroatoms. The molecule has 0 bridgehead atoms. The van der Waals surface area contributed by atoms with Crippen molar-refractivity contribution in [2.24, 2.45) is 0 Å². The van der Waals surface area contributed by atoms with Crippen molar-refractivity contribution in [3.05, 3.63) is 48.7 Å². The molecule has 0 aliphatic heterocycles. The Morgan fingerprint density at radius 3 is 2.47 bits per heavy atom. The first-order chi connectivity index (χ1) is 9.00. The Hall–Kier alpha value is -2.36. The lowest BCUT2D eigenvalue weighted by Crippen LogP contribution is -2.38. The zero-order valence-electron chi connectivity index (χ0n) is 10.8. The van der Waals surface area contributed by atoms with E-state index in [1.807, 2.05) is 30.3 Å². The number of aromatic nitrogens is 1. The normalized spacial score (nSPS) is 11.1. The molecule has 1 aromatic heterocycles. The largest absolute Gasteiger partial charge is 0.478 e. The van der Waals surface area contributed by atoms with E-state index in [4.69, 9.17) is 9.84 Å². The van der Waals surface area contributed by atoms with Crippen LogP contribution in [0.15, 0.2) is 48.7 Å². The maximum atomic E-state index is 11.1.